The molecule has 0 radical (unpaired) electrons. The molecular weight excluding hydrogens is 606 g/mol. The molecule has 2 aromatic rings. The summed E-state index contributed by atoms with van der Waals surface area (Å²) < 4.78 is 49.8. The average Bonchev–Trinajstić information content (AvgIpc) is 3.31. The van der Waals surface area contributed by atoms with Gasteiger partial charge in [0.15, 0.2) is 12.5 Å². The number of aliphatic hydroxyl groups is 4. The molecular formula is C18H24N4O17P2. The monoisotopic (exact) mass is 630 g/mol. The molecule has 2 saturated heterocycles. The van der Waals surface area contributed by atoms with E-state index < -0.39 is 100 Å². The second-order valence-corrected chi connectivity index (χ2v) is 11.8. The van der Waals surface area contributed by atoms with Crippen molar-refractivity contribution in [1.29, 1.82) is 0 Å². The summed E-state index contributed by atoms with van der Waals surface area (Å²) in [6, 6.07) is 1.87. The number of H-pyrrole nitrogens is 2. The van der Waals surface area contributed by atoms with E-state index >= 15 is 0 Å². The van der Waals surface area contributed by atoms with Gasteiger partial charge in [0.2, 0.25) is 0 Å². The number of nitrogens with one attached hydrogen (secondary N) is 2. The van der Waals surface area contributed by atoms with Gasteiger partial charge in [0, 0.05) is 24.5 Å². The van der Waals surface area contributed by atoms with Gasteiger partial charge in [-0.05, 0) is 0 Å². The van der Waals surface area contributed by atoms with Crippen molar-refractivity contribution in [1.82, 2.24) is 19.1 Å². The Morgan fingerprint density at radius 1 is 0.707 bits per heavy atom. The Kier molecular flexibility index (Phi) is 9.12. The van der Waals surface area contributed by atoms with Crippen LogP contribution in [0.4, 0.5) is 0 Å². The van der Waals surface area contributed by atoms with Crippen LogP contribution in [0.5, 0.6) is 0 Å². The van der Waals surface area contributed by atoms with E-state index in [1.54, 1.807) is 0 Å². The average molecular weight is 630 g/mol. The zero-order valence-electron chi connectivity index (χ0n) is 20.3. The summed E-state index contributed by atoms with van der Waals surface area (Å²) >= 11 is 0. The highest BCUT2D eigenvalue weighted by molar-refractivity contribution is 7.61. The van der Waals surface area contributed by atoms with Gasteiger partial charge in [0.25, 0.3) is 11.1 Å². The van der Waals surface area contributed by atoms with Gasteiger partial charge < -0.3 is 39.7 Å². The number of aromatic amines is 2. The van der Waals surface area contributed by atoms with Gasteiger partial charge in [0.1, 0.15) is 36.6 Å². The summed E-state index contributed by atoms with van der Waals surface area (Å²) in [5.41, 5.74) is -3.48. The molecule has 4 rings (SSSR count). The van der Waals surface area contributed by atoms with Gasteiger partial charge in [-0.2, -0.15) is 4.31 Å². The second kappa shape index (κ2) is 11.9. The molecule has 41 heavy (non-hydrogen) atoms. The van der Waals surface area contributed by atoms with E-state index in [0.29, 0.717) is 0 Å². The van der Waals surface area contributed by atoms with Gasteiger partial charge in [-0.25, -0.2) is 18.7 Å². The van der Waals surface area contributed by atoms with Gasteiger partial charge in [-0.15, -0.1) is 0 Å². The molecule has 0 spiro atoms. The molecule has 2 aromatic heterocycles. The maximum atomic E-state index is 12.2. The topological polar surface area (TPSA) is 311 Å². The van der Waals surface area contributed by atoms with Crippen molar-refractivity contribution < 1.29 is 62.2 Å². The number of ether oxygens (including phenoxy) is 2. The van der Waals surface area contributed by atoms with Crippen molar-refractivity contribution in [2.24, 2.45) is 0 Å². The molecule has 4 heterocycles. The zero-order chi connectivity index (χ0) is 30.3. The fourth-order valence-corrected chi connectivity index (χ4v) is 6.05. The number of hydrogen-bond donors (Lipinski definition) is 8. The number of aliphatic hydroxyl groups excluding tert-OH is 4. The first-order valence-electron chi connectivity index (χ1n) is 11.4. The minimum absolute atomic E-state index is 0.731. The largest absolute Gasteiger partial charge is 0.481 e. The van der Waals surface area contributed by atoms with E-state index in [0.717, 1.165) is 33.7 Å². The summed E-state index contributed by atoms with van der Waals surface area (Å²) in [6.45, 7) is -2.01. The number of phosphoric acid groups is 2. The molecule has 4 unspecified atom stereocenters. The Labute approximate surface area is 226 Å². The van der Waals surface area contributed by atoms with Crippen LogP contribution in [0.3, 0.4) is 0 Å². The molecule has 10 atom stereocenters. The van der Waals surface area contributed by atoms with Gasteiger partial charge in [0.05, 0.1) is 13.2 Å². The minimum Gasteiger partial charge on any atom is -0.387 e. The highest BCUT2D eigenvalue weighted by Crippen LogP contribution is 2.60. The van der Waals surface area contributed by atoms with Crippen LogP contribution in [-0.2, 0) is 32.0 Å². The lowest BCUT2D eigenvalue weighted by Crippen LogP contribution is -2.37. The fraction of sp³-hybridized carbons (Fsp3) is 0.556. The van der Waals surface area contributed by atoms with Crippen LogP contribution in [-0.4, -0.2) is 99.2 Å². The minimum atomic E-state index is -5.44. The summed E-state index contributed by atoms with van der Waals surface area (Å²) in [5.74, 6) is 0. The van der Waals surface area contributed by atoms with Crippen LogP contribution in [0.15, 0.2) is 43.7 Å². The first kappa shape index (κ1) is 31.3. The number of aromatic nitrogens is 4. The quantitative estimate of drug-likeness (QED) is 0.115. The molecule has 0 bridgehead atoms. The maximum Gasteiger partial charge on any atom is 0.481 e. The van der Waals surface area contributed by atoms with Gasteiger partial charge >= 0.3 is 27.0 Å². The van der Waals surface area contributed by atoms with Crippen LogP contribution in [0.1, 0.15) is 12.5 Å². The smallest absolute Gasteiger partial charge is 0.387 e. The third kappa shape index (κ3) is 7.07. The molecule has 21 nitrogen and oxygen atoms in total. The highest BCUT2D eigenvalue weighted by atomic mass is 31.3. The molecule has 23 heteroatoms. The van der Waals surface area contributed by atoms with Gasteiger partial charge in [-0.3, -0.25) is 37.7 Å². The summed E-state index contributed by atoms with van der Waals surface area (Å²) in [6.07, 6.45) is -11.4. The van der Waals surface area contributed by atoms with Crippen LogP contribution in [0.25, 0.3) is 0 Å². The molecule has 2 fully saturated rings. The predicted octanol–water partition coefficient (Wildman–Crippen LogP) is -4.42. The van der Waals surface area contributed by atoms with Crippen molar-refractivity contribution in [2.75, 3.05) is 13.2 Å². The van der Waals surface area contributed by atoms with E-state index in [1.165, 1.54) is 0 Å². The van der Waals surface area contributed by atoms with E-state index in [4.69, 9.17) is 9.47 Å². The van der Waals surface area contributed by atoms with Crippen molar-refractivity contribution in [3.8, 4) is 0 Å². The van der Waals surface area contributed by atoms with Crippen LogP contribution in [0, 0.1) is 0 Å². The molecule has 0 saturated carbocycles. The summed E-state index contributed by atoms with van der Waals surface area (Å²) in [4.78, 5) is 69.8. The van der Waals surface area contributed by atoms with E-state index in [9.17, 15) is 58.5 Å². The molecule has 8 N–H and O–H groups in total. The molecule has 2 aliphatic heterocycles. The fourth-order valence-electron chi connectivity index (χ4n) is 3.96. The maximum absolute atomic E-state index is 12.2. The zero-order valence-corrected chi connectivity index (χ0v) is 22.1. The van der Waals surface area contributed by atoms with Crippen molar-refractivity contribution in [3.63, 3.8) is 0 Å². The molecule has 228 valence electrons. The van der Waals surface area contributed by atoms with Crippen LogP contribution >= 0.6 is 15.6 Å². The van der Waals surface area contributed by atoms with Crippen LogP contribution in [0.2, 0.25) is 0 Å². The predicted molar refractivity (Wildman–Crippen MR) is 127 cm³/mol. The normalized spacial score (nSPS) is 32.9. The molecule has 2 aliphatic rings. The van der Waals surface area contributed by atoms with E-state index in [-0.39, 0.29) is 0 Å². The molecule has 0 amide bonds. The highest BCUT2D eigenvalue weighted by Gasteiger charge is 2.48. The first-order chi connectivity index (χ1) is 19.1. The Morgan fingerprint density at radius 3 is 1.41 bits per heavy atom. The van der Waals surface area contributed by atoms with E-state index in [2.05, 4.69) is 13.4 Å². The molecule has 0 aliphatic carbocycles. The number of hydrogen-bond acceptors (Lipinski definition) is 15. The Hall–Kier alpha value is -2.62. The molecule has 0 aromatic carbocycles. The Balaban J connectivity index is 1.33. The van der Waals surface area contributed by atoms with Crippen molar-refractivity contribution >= 4 is 15.6 Å². The van der Waals surface area contributed by atoms with Crippen molar-refractivity contribution in [3.05, 3.63) is 66.2 Å². The van der Waals surface area contributed by atoms with E-state index in [1.807, 2.05) is 9.97 Å². The first-order valence-corrected chi connectivity index (χ1v) is 14.4. The van der Waals surface area contributed by atoms with Crippen molar-refractivity contribution in [2.45, 2.75) is 49.1 Å². The number of phosphoric ester groups is 2. The lowest BCUT2D eigenvalue weighted by molar-refractivity contribution is -0.0568. The van der Waals surface area contributed by atoms with Crippen LogP contribution < -0.4 is 22.5 Å². The lowest BCUT2D eigenvalue weighted by Gasteiger charge is -2.20. The number of rotatable bonds is 10. The number of nitrogens with zero attached hydrogens (tertiary/aromatic N) is 2. The Morgan fingerprint density at radius 2 is 1.07 bits per heavy atom. The third-order valence-corrected chi connectivity index (χ3v) is 8.54. The third-order valence-electron chi connectivity index (χ3n) is 5.94. The summed E-state index contributed by atoms with van der Waals surface area (Å²) in [5, 5.41) is 40.7. The standard InChI is InChI=1S/C18H24N4O17P2/c23-9-1-3-21(17(29)19-9)15-13(27)11(25)7(37-15)5-35-40(31,32)39-41(33,34)36-6-8-12(26)14(28)16(38-8)22-4-2-10(24)20-18(22)30/h1-4,7-8,11-16,25-28H,5-6H2,(H,31,32)(H,33,34)(H,19,23,29)(H,20,24,30)/t7-,8-,11+,12?,13?,14+,15-,16-/m1/s1. The SMILES string of the molecule is O=c1ccn([C@@H]2O[C@H](COP(=O)(O)OP(=O)(O)OC[C@H]3O[C@@H](n4ccc(=O)[nH]c4=O)[C@@H](O)C3O)[C@H](O)C2O)c(=O)[nH]1. The second-order valence-electron chi connectivity index (χ2n) is 8.74. The Bertz CT molecular complexity index is 1470. The lowest BCUT2D eigenvalue weighted by atomic mass is 10.1. The van der Waals surface area contributed by atoms with Gasteiger partial charge in [-0.1, -0.05) is 0 Å². The summed E-state index contributed by atoms with van der Waals surface area (Å²) in [7, 11) is -10.9.